The predicted molar refractivity (Wildman–Crippen MR) is 54.2 cm³/mol. The maximum Gasteiger partial charge on any atom is 0.230 e. The van der Waals surface area contributed by atoms with Gasteiger partial charge in [0.1, 0.15) is 18.5 Å². The molecule has 0 fully saturated rings. The Balaban J connectivity index is 2.25. The summed E-state index contributed by atoms with van der Waals surface area (Å²) >= 11 is 0. The predicted octanol–water partition coefficient (Wildman–Crippen LogP) is 2.06. The average molecular weight is 204 g/mol. The SMILES string of the molecule is Cc1ccc(Nc2ncncn2)c(F)c1. The Kier molecular flexibility index (Phi) is 2.53. The first-order chi connectivity index (χ1) is 7.25. The summed E-state index contributed by atoms with van der Waals surface area (Å²) < 4.78 is 13.4. The molecule has 1 N–H and O–H groups in total. The lowest BCUT2D eigenvalue weighted by Crippen LogP contribution is -1.99. The Hall–Kier alpha value is -2.04. The highest BCUT2D eigenvalue weighted by atomic mass is 19.1. The second-order valence-corrected chi connectivity index (χ2v) is 3.07. The molecule has 76 valence electrons. The molecule has 1 aromatic carbocycles. The van der Waals surface area contributed by atoms with Crippen LogP contribution in [0.4, 0.5) is 16.0 Å². The highest BCUT2D eigenvalue weighted by Gasteiger charge is 2.03. The number of halogens is 1. The molecule has 1 heterocycles. The van der Waals surface area contributed by atoms with Crippen LogP contribution in [0.25, 0.3) is 0 Å². The molecule has 0 unspecified atom stereocenters. The van der Waals surface area contributed by atoms with E-state index in [0.717, 1.165) is 5.56 Å². The first kappa shape index (κ1) is 9.51. The molecule has 5 heteroatoms. The van der Waals surface area contributed by atoms with Gasteiger partial charge >= 0.3 is 0 Å². The van der Waals surface area contributed by atoms with Crippen molar-refractivity contribution in [3.63, 3.8) is 0 Å². The van der Waals surface area contributed by atoms with Crippen LogP contribution in [-0.2, 0) is 0 Å². The first-order valence-electron chi connectivity index (χ1n) is 4.41. The number of rotatable bonds is 2. The summed E-state index contributed by atoms with van der Waals surface area (Å²) in [7, 11) is 0. The largest absolute Gasteiger partial charge is 0.322 e. The van der Waals surface area contributed by atoms with E-state index >= 15 is 0 Å². The van der Waals surface area contributed by atoms with Gasteiger partial charge in [-0.2, -0.15) is 0 Å². The fourth-order valence-corrected chi connectivity index (χ4v) is 1.15. The summed E-state index contributed by atoms with van der Waals surface area (Å²) in [4.78, 5) is 11.3. The van der Waals surface area contributed by atoms with Crippen LogP contribution >= 0.6 is 0 Å². The van der Waals surface area contributed by atoms with Crippen molar-refractivity contribution >= 4 is 11.6 Å². The summed E-state index contributed by atoms with van der Waals surface area (Å²) in [5, 5.41) is 2.76. The van der Waals surface area contributed by atoms with Crippen LogP contribution < -0.4 is 5.32 Å². The lowest BCUT2D eigenvalue weighted by molar-refractivity contribution is 0.630. The fraction of sp³-hybridized carbons (Fsp3) is 0.100. The maximum atomic E-state index is 13.4. The molecular weight excluding hydrogens is 195 g/mol. The van der Waals surface area contributed by atoms with Crippen molar-refractivity contribution in [3.8, 4) is 0 Å². The summed E-state index contributed by atoms with van der Waals surface area (Å²) in [6.07, 6.45) is 2.70. The van der Waals surface area contributed by atoms with Crippen molar-refractivity contribution in [1.29, 1.82) is 0 Å². The normalized spacial score (nSPS) is 10.0. The topological polar surface area (TPSA) is 50.7 Å². The van der Waals surface area contributed by atoms with Crippen LogP contribution in [0.15, 0.2) is 30.9 Å². The lowest BCUT2D eigenvalue weighted by Gasteiger charge is -2.05. The minimum absolute atomic E-state index is 0.324. The second-order valence-electron chi connectivity index (χ2n) is 3.07. The Morgan fingerprint density at radius 2 is 1.93 bits per heavy atom. The standard InChI is InChI=1S/C10H9FN4/c1-7-2-3-9(8(11)4-7)15-10-13-5-12-6-14-10/h2-6H,1H3,(H,12,13,14,15). The van der Waals surface area contributed by atoms with Crippen LogP contribution in [0.2, 0.25) is 0 Å². The van der Waals surface area contributed by atoms with Crippen molar-refractivity contribution in [1.82, 2.24) is 15.0 Å². The zero-order chi connectivity index (χ0) is 10.7. The third-order valence-corrected chi connectivity index (χ3v) is 1.86. The molecule has 2 rings (SSSR count). The van der Waals surface area contributed by atoms with E-state index in [2.05, 4.69) is 20.3 Å². The second kappa shape index (κ2) is 4.00. The number of nitrogens with zero attached hydrogens (tertiary/aromatic N) is 3. The van der Waals surface area contributed by atoms with Gasteiger partial charge in [0.05, 0.1) is 5.69 Å². The Morgan fingerprint density at radius 3 is 2.60 bits per heavy atom. The third-order valence-electron chi connectivity index (χ3n) is 1.86. The van der Waals surface area contributed by atoms with Crippen molar-refractivity contribution < 1.29 is 4.39 Å². The average Bonchev–Trinajstić information content (AvgIpc) is 2.24. The van der Waals surface area contributed by atoms with Crippen LogP contribution in [0, 0.1) is 12.7 Å². The molecule has 0 bridgehead atoms. The van der Waals surface area contributed by atoms with Gasteiger partial charge in [0.25, 0.3) is 0 Å². The molecule has 0 aliphatic carbocycles. The summed E-state index contributed by atoms with van der Waals surface area (Å²) in [5.74, 6) is 0.00293. The Morgan fingerprint density at radius 1 is 1.20 bits per heavy atom. The molecule has 0 amide bonds. The summed E-state index contributed by atoms with van der Waals surface area (Å²) in [5.41, 5.74) is 1.22. The van der Waals surface area contributed by atoms with Crippen LogP contribution in [0.5, 0.6) is 0 Å². The smallest absolute Gasteiger partial charge is 0.230 e. The summed E-state index contributed by atoms with van der Waals surface area (Å²) in [6.45, 7) is 1.83. The van der Waals surface area contributed by atoms with E-state index in [0.29, 0.717) is 11.6 Å². The van der Waals surface area contributed by atoms with Crippen LogP contribution in [0.1, 0.15) is 5.56 Å². The number of hydrogen-bond donors (Lipinski definition) is 1. The number of aryl methyl sites for hydroxylation is 1. The minimum atomic E-state index is -0.324. The minimum Gasteiger partial charge on any atom is -0.322 e. The van der Waals surface area contributed by atoms with Gasteiger partial charge in [-0.3, -0.25) is 0 Å². The molecule has 0 aliphatic rings. The van der Waals surface area contributed by atoms with Crippen LogP contribution in [-0.4, -0.2) is 15.0 Å². The molecule has 0 saturated carbocycles. The van der Waals surface area contributed by atoms with Gasteiger partial charge < -0.3 is 5.32 Å². The highest BCUT2D eigenvalue weighted by molar-refractivity contribution is 5.54. The molecule has 0 aliphatic heterocycles. The molecule has 1 aromatic heterocycles. The molecule has 15 heavy (non-hydrogen) atoms. The van der Waals surface area contributed by atoms with Crippen molar-refractivity contribution in [2.45, 2.75) is 6.92 Å². The van der Waals surface area contributed by atoms with Gasteiger partial charge in [0, 0.05) is 0 Å². The van der Waals surface area contributed by atoms with Gasteiger partial charge in [-0.1, -0.05) is 6.07 Å². The zero-order valence-electron chi connectivity index (χ0n) is 8.11. The molecule has 2 aromatic rings. The van der Waals surface area contributed by atoms with Crippen molar-refractivity contribution in [2.75, 3.05) is 5.32 Å². The Labute approximate surface area is 86.2 Å². The number of hydrogen-bond acceptors (Lipinski definition) is 4. The quantitative estimate of drug-likeness (QED) is 0.813. The van der Waals surface area contributed by atoms with Gasteiger partial charge in [-0.25, -0.2) is 19.3 Å². The first-order valence-corrected chi connectivity index (χ1v) is 4.41. The lowest BCUT2D eigenvalue weighted by atomic mass is 10.2. The van der Waals surface area contributed by atoms with E-state index in [9.17, 15) is 4.39 Å². The number of benzene rings is 1. The van der Waals surface area contributed by atoms with Crippen molar-refractivity contribution in [3.05, 3.63) is 42.2 Å². The molecule has 0 spiro atoms. The number of nitrogens with one attached hydrogen (secondary N) is 1. The molecule has 0 radical (unpaired) electrons. The van der Waals surface area contributed by atoms with Gasteiger partial charge in [-0.05, 0) is 24.6 Å². The van der Waals surface area contributed by atoms with Crippen LogP contribution in [0.3, 0.4) is 0 Å². The van der Waals surface area contributed by atoms with E-state index in [1.165, 1.54) is 18.7 Å². The van der Waals surface area contributed by atoms with E-state index in [1.807, 2.05) is 13.0 Å². The Bertz CT molecular complexity index is 458. The fourth-order valence-electron chi connectivity index (χ4n) is 1.15. The van der Waals surface area contributed by atoms with E-state index in [-0.39, 0.29) is 5.82 Å². The van der Waals surface area contributed by atoms with Gasteiger partial charge in [0.2, 0.25) is 5.95 Å². The molecule has 0 saturated heterocycles. The third kappa shape index (κ3) is 2.25. The summed E-state index contributed by atoms with van der Waals surface area (Å²) in [6, 6.07) is 4.91. The number of aromatic nitrogens is 3. The highest BCUT2D eigenvalue weighted by Crippen LogP contribution is 2.17. The molecular formula is C10H9FN4. The van der Waals surface area contributed by atoms with E-state index < -0.39 is 0 Å². The van der Waals surface area contributed by atoms with Gasteiger partial charge in [0.15, 0.2) is 0 Å². The number of anilines is 2. The van der Waals surface area contributed by atoms with E-state index in [4.69, 9.17) is 0 Å². The van der Waals surface area contributed by atoms with E-state index in [1.54, 1.807) is 6.07 Å². The zero-order valence-corrected chi connectivity index (χ0v) is 8.11. The monoisotopic (exact) mass is 204 g/mol. The van der Waals surface area contributed by atoms with Gasteiger partial charge in [-0.15, -0.1) is 0 Å². The molecule has 4 nitrogen and oxygen atoms in total. The molecule has 0 atom stereocenters. The maximum absolute atomic E-state index is 13.4. The van der Waals surface area contributed by atoms with Crippen molar-refractivity contribution in [2.24, 2.45) is 0 Å².